The van der Waals surface area contributed by atoms with Gasteiger partial charge in [-0.25, -0.2) is 0 Å². The largest absolute Gasteiger partial charge is 0.490 e. The van der Waals surface area contributed by atoms with Crippen LogP contribution in [-0.2, 0) is 5.54 Å². The van der Waals surface area contributed by atoms with E-state index in [1.807, 2.05) is 13.0 Å². The molecule has 0 aliphatic heterocycles. The molecule has 27 heavy (non-hydrogen) atoms. The summed E-state index contributed by atoms with van der Waals surface area (Å²) in [5.74, 6) is 1.87. The van der Waals surface area contributed by atoms with Crippen LogP contribution in [0.3, 0.4) is 0 Å². The quantitative estimate of drug-likeness (QED) is 0.602. The lowest BCUT2D eigenvalue weighted by Crippen LogP contribution is -2.36. The molecule has 3 rings (SSSR count). The fourth-order valence-corrected chi connectivity index (χ4v) is 4.16. The van der Waals surface area contributed by atoms with Gasteiger partial charge in [0.15, 0.2) is 0 Å². The van der Waals surface area contributed by atoms with E-state index in [2.05, 4.69) is 37.3 Å². The molecule has 3 heteroatoms. The summed E-state index contributed by atoms with van der Waals surface area (Å²) in [5.41, 5.74) is 6.40. The molecule has 0 unspecified atom stereocenters. The maximum Gasteiger partial charge on any atom is 0.120 e. The monoisotopic (exact) mass is 369 g/mol. The Bertz CT molecular complexity index is 732. The van der Waals surface area contributed by atoms with Crippen molar-refractivity contribution in [2.75, 3.05) is 6.61 Å². The number of hydrogen-bond donors (Lipinski definition) is 2. The zero-order valence-electron chi connectivity index (χ0n) is 16.9. The molecule has 0 amide bonds. The van der Waals surface area contributed by atoms with Crippen LogP contribution in [0.25, 0.3) is 10.8 Å². The Morgan fingerprint density at radius 1 is 1.04 bits per heavy atom. The van der Waals surface area contributed by atoms with Crippen LogP contribution in [0.5, 0.6) is 5.75 Å². The molecule has 1 saturated carbocycles. The van der Waals surface area contributed by atoms with Gasteiger partial charge in [-0.2, -0.15) is 0 Å². The normalized spacial score (nSPS) is 22.5. The van der Waals surface area contributed by atoms with Gasteiger partial charge in [-0.1, -0.05) is 50.8 Å². The fraction of sp³-hybridized carbons (Fsp3) is 0.583. The molecule has 0 saturated heterocycles. The van der Waals surface area contributed by atoms with Crippen LogP contribution in [0.15, 0.2) is 36.4 Å². The van der Waals surface area contributed by atoms with Crippen LogP contribution in [0.4, 0.5) is 0 Å². The SMILES string of the molecule is CCCCC[C@H]1CC[C@@H](Oc2ccc3cc([C@@](C)(N)CO)ccc3c2)CC1. The van der Waals surface area contributed by atoms with Gasteiger partial charge in [0.05, 0.1) is 18.2 Å². The molecule has 148 valence electrons. The third-order valence-corrected chi connectivity index (χ3v) is 6.11. The average Bonchev–Trinajstić information content (AvgIpc) is 2.69. The first-order valence-corrected chi connectivity index (χ1v) is 10.6. The molecule has 2 aromatic carbocycles. The van der Waals surface area contributed by atoms with Crippen molar-refractivity contribution < 1.29 is 9.84 Å². The maximum atomic E-state index is 9.48. The van der Waals surface area contributed by atoms with Gasteiger partial charge in [0.2, 0.25) is 0 Å². The molecule has 0 spiro atoms. The molecular weight excluding hydrogens is 334 g/mol. The van der Waals surface area contributed by atoms with Crippen LogP contribution in [-0.4, -0.2) is 17.8 Å². The zero-order valence-corrected chi connectivity index (χ0v) is 16.9. The highest BCUT2D eigenvalue weighted by Crippen LogP contribution is 2.32. The standard InChI is InChI=1S/C24H35NO2/c1-3-4-5-6-18-7-12-22(13-8-18)27-23-14-10-19-15-21(24(2,25)17-26)11-9-20(19)16-23/h9-11,14-16,18,22,26H,3-8,12-13,17,25H2,1-2H3/t18-,22+,24-/m0/s1. The minimum atomic E-state index is -0.709. The lowest BCUT2D eigenvalue weighted by molar-refractivity contribution is 0.128. The zero-order chi connectivity index (χ0) is 19.3. The number of aliphatic hydroxyl groups is 1. The van der Waals surface area contributed by atoms with Gasteiger partial charge in [-0.05, 0) is 73.1 Å². The first-order valence-electron chi connectivity index (χ1n) is 10.6. The number of fused-ring (bicyclic) bond motifs is 1. The molecule has 0 radical (unpaired) electrons. The second-order valence-electron chi connectivity index (χ2n) is 8.56. The highest BCUT2D eigenvalue weighted by atomic mass is 16.5. The molecule has 2 aromatic rings. The van der Waals surface area contributed by atoms with Gasteiger partial charge in [0, 0.05) is 0 Å². The highest BCUT2D eigenvalue weighted by molar-refractivity contribution is 5.84. The third-order valence-electron chi connectivity index (χ3n) is 6.11. The van der Waals surface area contributed by atoms with Crippen molar-refractivity contribution in [3.8, 4) is 5.75 Å². The highest BCUT2D eigenvalue weighted by Gasteiger charge is 2.23. The van der Waals surface area contributed by atoms with Crippen molar-refractivity contribution in [3.63, 3.8) is 0 Å². The van der Waals surface area contributed by atoms with E-state index in [-0.39, 0.29) is 6.61 Å². The molecule has 3 N–H and O–H groups in total. The Morgan fingerprint density at radius 2 is 1.74 bits per heavy atom. The van der Waals surface area contributed by atoms with Crippen LogP contribution >= 0.6 is 0 Å². The van der Waals surface area contributed by atoms with E-state index in [0.29, 0.717) is 6.10 Å². The Kier molecular flexibility index (Phi) is 6.78. The average molecular weight is 370 g/mol. The molecule has 3 nitrogen and oxygen atoms in total. The van der Waals surface area contributed by atoms with Crippen molar-refractivity contribution in [2.45, 2.75) is 76.9 Å². The Morgan fingerprint density at radius 3 is 2.44 bits per heavy atom. The molecule has 1 aliphatic carbocycles. The van der Waals surface area contributed by atoms with Gasteiger partial charge >= 0.3 is 0 Å². The second kappa shape index (κ2) is 9.07. The molecule has 0 aromatic heterocycles. The number of rotatable bonds is 8. The number of ether oxygens (including phenoxy) is 1. The second-order valence-corrected chi connectivity index (χ2v) is 8.56. The fourth-order valence-electron chi connectivity index (χ4n) is 4.16. The molecular formula is C24H35NO2. The van der Waals surface area contributed by atoms with Gasteiger partial charge in [0.25, 0.3) is 0 Å². The molecule has 1 atom stereocenters. The predicted octanol–water partition coefficient (Wildman–Crippen LogP) is 5.52. The summed E-state index contributed by atoms with van der Waals surface area (Å²) in [6, 6.07) is 12.4. The van der Waals surface area contributed by atoms with E-state index in [0.717, 1.165) is 28.0 Å². The minimum Gasteiger partial charge on any atom is -0.490 e. The summed E-state index contributed by atoms with van der Waals surface area (Å²) < 4.78 is 6.29. The predicted molar refractivity (Wildman–Crippen MR) is 113 cm³/mol. The van der Waals surface area contributed by atoms with Crippen molar-refractivity contribution in [3.05, 3.63) is 42.0 Å². The molecule has 1 aliphatic rings. The van der Waals surface area contributed by atoms with Crippen molar-refractivity contribution in [1.29, 1.82) is 0 Å². The first-order chi connectivity index (χ1) is 13.0. The summed E-state index contributed by atoms with van der Waals surface area (Å²) in [6.07, 6.45) is 10.8. The van der Waals surface area contributed by atoms with Gasteiger partial charge in [-0.3, -0.25) is 0 Å². The van der Waals surface area contributed by atoms with Crippen LogP contribution in [0, 0.1) is 5.92 Å². The molecule has 0 heterocycles. The lowest BCUT2D eigenvalue weighted by Gasteiger charge is -2.29. The summed E-state index contributed by atoms with van der Waals surface area (Å²) in [4.78, 5) is 0. The van der Waals surface area contributed by atoms with E-state index in [1.54, 1.807) is 0 Å². The molecule has 0 bridgehead atoms. The van der Waals surface area contributed by atoms with Crippen molar-refractivity contribution in [1.82, 2.24) is 0 Å². The topological polar surface area (TPSA) is 55.5 Å². The van der Waals surface area contributed by atoms with Crippen molar-refractivity contribution >= 4 is 10.8 Å². The van der Waals surface area contributed by atoms with Crippen LogP contribution in [0.1, 0.15) is 70.8 Å². The van der Waals surface area contributed by atoms with E-state index in [9.17, 15) is 5.11 Å². The van der Waals surface area contributed by atoms with E-state index >= 15 is 0 Å². The summed E-state index contributed by atoms with van der Waals surface area (Å²) in [6.45, 7) is 4.06. The minimum absolute atomic E-state index is 0.0686. The van der Waals surface area contributed by atoms with Gasteiger partial charge < -0.3 is 15.6 Å². The number of aliphatic hydroxyl groups excluding tert-OH is 1. The number of hydrogen-bond acceptors (Lipinski definition) is 3. The summed E-state index contributed by atoms with van der Waals surface area (Å²) in [7, 11) is 0. The van der Waals surface area contributed by atoms with Crippen molar-refractivity contribution in [2.24, 2.45) is 11.7 Å². The Labute approximate surface area is 163 Å². The smallest absolute Gasteiger partial charge is 0.120 e. The number of unbranched alkanes of at least 4 members (excludes halogenated alkanes) is 2. The van der Waals surface area contributed by atoms with E-state index in [4.69, 9.17) is 10.5 Å². The third kappa shape index (κ3) is 5.24. The summed E-state index contributed by atoms with van der Waals surface area (Å²) >= 11 is 0. The number of nitrogens with two attached hydrogens (primary N) is 1. The van der Waals surface area contributed by atoms with E-state index in [1.165, 1.54) is 51.4 Å². The summed E-state index contributed by atoms with van der Waals surface area (Å²) in [5, 5.41) is 11.8. The maximum absolute atomic E-state index is 9.48. The first kappa shape index (κ1) is 20.2. The van der Waals surface area contributed by atoms with Crippen LogP contribution < -0.4 is 10.5 Å². The van der Waals surface area contributed by atoms with Gasteiger partial charge in [-0.15, -0.1) is 0 Å². The van der Waals surface area contributed by atoms with Gasteiger partial charge in [0.1, 0.15) is 5.75 Å². The Hall–Kier alpha value is -1.58. The Balaban J connectivity index is 1.59. The van der Waals surface area contributed by atoms with E-state index < -0.39 is 5.54 Å². The molecule has 1 fully saturated rings. The number of benzene rings is 2. The lowest BCUT2D eigenvalue weighted by atomic mass is 9.84. The van der Waals surface area contributed by atoms with Crippen LogP contribution in [0.2, 0.25) is 0 Å².